The van der Waals surface area contributed by atoms with Crippen molar-refractivity contribution in [3.05, 3.63) is 132 Å². The zero-order valence-electron chi connectivity index (χ0n) is 35.9. The highest BCUT2D eigenvalue weighted by Crippen LogP contribution is 2.47. The van der Waals surface area contributed by atoms with E-state index in [0.29, 0.717) is 61.1 Å². The molecule has 0 bridgehead atoms. The Kier molecular flexibility index (Phi) is 14.5. The van der Waals surface area contributed by atoms with Crippen LogP contribution in [0.3, 0.4) is 0 Å². The van der Waals surface area contributed by atoms with Gasteiger partial charge in [0.1, 0.15) is 21.8 Å². The van der Waals surface area contributed by atoms with Gasteiger partial charge in [0.05, 0.1) is 30.8 Å². The van der Waals surface area contributed by atoms with Gasteiger partial charge in [0, 0.05) is 60.9 Å². The molecular weight excluding hydrogens is 826 g/mol. The highest BCUT2D eigenvalue weighted by Gasteiger charge is 2.44. The Morgan fingerprint density at radius 2 is 1.95 bits per heavy atom. The number of nitrogens with one attached hydrogen (secondary N) is 1. The number of nitrogens with zero attached hydrogens (tertiary/aromatic N) is 4. The van der Waals surface area contributed by atoms with E-state index in [-0.39, 0.29) is 29.4 Å². The average molecular weight is 885 g/mol. The molecule has 330 valence electrons. The number of methoxy groups -OCH3 is 1. The third-order valence-corrected chi connectivity index (χ3v) is 14.6. The van der Waals surface area contributed by atoms with Crippen LogP contribution in [0.1, 0.15) is 79.1 Å². The molecule has 3 aliphatic rings. The number of aryl methyl sites for hydroxylation is 2. The van der Waals surface area contributed by atoms with E-state index in [0.717, 1.165) is 43.4 Å². The Bertz CT molecular complexity index is 2360. The number of anilines is 1. The third-order valence-electron chi connectivity index (χ3n) is 12.5. The van der Waals surface area contributed by atoms with Crippen molar-refractivity contribution >= 4 is 39.2 Å². The fourth-order valence-corrected chi connectivity index (χ4v) is 11.1. The predicted molar refractivity (Wildman–Crippen MR) is 243 cm³/mol. The number of allylic oxidation sites excluding steroid dienone is 1. The van der Waals surface area contributed by atoms with Gasteiger partial charge in [0.25, 0.3) is 5.91 Å². The van der Waals surface area contributed by atoms with Gasteiger partial charge < -0.3 is 23.8 Å². The summed E-state index contributed by atoms with van der Waals surface area (Å²) in [4.78, 5) is 30.3. The molecule has 3 aromatic carbocycles. The summed E-state index contributed by atoms with van der Waals surface area (Å²) < 4.78 is 47.7. The Morgan fingerprint density at radius 1 is 1.13 bits per heavy atom. The molecule has 4 aromatic rings. The van der Waals surface area contributed by atoms with Gasteiger partial charge in [-0.1, -0.05) is 60.2 Å². The van der Waals surface area contributed by atoms with Crippen LogP contribution in [0.4, 0.5) is 10.5 Å². The van der Waals surface area contributed by atoms with Gasteiger partial charge in [0.15, 0.2) is 0 Å². The number of aromatic nitrogens is 2. The molecule has 1 spiro atoms. The Labute approximate surface area is 370 Å². The van der Waals surface area contributed by atoms with E-state index in [1.807, 2.05) is 49.4 Å². The van der Waals surface area contributed by atoms with Crippen LogP contribution in [0.2, 0.25) is 5.02 Å². The largest absolute Gasteiger partial charge is 0.490 e. The Balaban J connectivity index is 1.22. The molecule has 7 atom stereocenters. The molecule has 12 nitrogen and oxygen atoms in total. The van der Waals surface area contributed by atoms with Crippen LogP contribution < -0.4 is 19.1 Å². The number of carbonyl (C=O) groups excluding carboxylic acids is 2. The van der Waals surface area contributed by atoms with Gasteiger partial charge in [0.2, 0.25) is 5.88 Å². The molecule has 7 rings (SSSR count). The zero-order valence-corrected chi connectivity index (χ0v) is 37.5. The maximum absolute atomic E-state index is 15.0. The number of ether oxygens (including phenoxy) is 4. The molecule has 0 unspecified atom stereocenters. The minimum atomic E-state index is -3.81. The monoisotopic (exact) mass is 883 g/mol. The summed E-state index contributed by atoms with van der Waals surface area (Å²) in [6, 6.07) is 22.3. The van der Waals surface area contributed by atoms with E-state index in [9.17, 15) is 13.8 Å². The normalized spacial score (nSPS) is 21.6. The van der Waals surface area contributed by atoms with Crippen molar-refractivity contribution in [3.63, 3.8) is 0 Å². The molecule has 1 N–H and O–H groups in total. The lowest BCUT2D eigenvalue weighted by Crippen LogP contribution is -2.49. The van der Waals surface area contributed by atoms with E-state index in [4.69, 9.17) is 30.5 Å². The van der Waals surface area contributed by atoms with Crippen molar-refractivity contribution in [2.75, 3.05) is 44.1 Å². The smallest absolute Gasteiger partial charge is 0.420 e. The maximum Gasteiger partial charge on any atom is 0.420 e. The van der Waals surface area contributed by atoms with Crippen molar-refractivity contribution in [1.29, 1.82) is 0 Å². The van der Waals surface area contributed by atoms with Crippen molar-refractivity contribution in [2.24, 2.45) is 22.1 Å². The average Bonchev–Trinajstić information content (AvgIpc) is 3.67. The topological polar surface area (TPSA) is 134 Å². The van der Waals surface area contributed by atoms with Gasteiger partial charge in [-0.3, -0.25) is 9.48 Å². The van der Waals surface area contributed by atoms with Crippen molar-refractivity contribution in [3.8, 4) is 11.6 Å². The van der Waals surface area contributed by atoms with E-state index < -0.39 is 33.9 Å². The van der Waals surface area contributed by atoms with Crippen molar-refractivity contribution < 1.29 is 32.7 Å². The maximum atomic E-state index is 15.0. The molecule has 2 amide bonds. The second-order valence-corrected chi connectivity index (χ2v) is 19.1. The number of halogens is 1. The number of hydrogen-bond acceptors (Lipinski definition) is 9. The second-order valence-electron chi connectivity index (χ2n) is 16.7. The van der Waals surface area contributed by atoms with E-state index in [2.05, 4.69) is 44.4 Å². The number of benzene rings is 3. The standard InChI is InChI=1S/C48H58ClN5O7S/c1-6-13-34(29-59-45-23-25-54(8-3)50-45)30-62(57,52-47(56)61-33(4)35-14-10-9-11-15-35)51-46(55)37-18-22-44-42(27-37)53(28-38-17-20-40(38)43(7-2)58-5)31-48(32-60-44)24-12-16-36-26-39(49)19-21-41(36)48/h6-7,9-11,14-15,18-19,21-23,25-27,33-34,38,40,43H,1-2,8,12-13,16-17,20,24,28-32H2,3-5H3,(H,51,52,55,56,57)/t33-,34+,38-,40+,43-,48-,62+/m0/s1. The van der Waals surface area contributed by atoms with Crippen LogP contribution in [0.25, 0.3) is 0 Å². The molecule has 2 heterocycles. The first-order valence-corrected chi connectivity index (χ1v) is 23.6. The molecule has 1 aromatic heterocycles. The van der Waals surface area contributed by atoms with Crippen LogP contribution >= 0.6 is 11.6 Å². The highest BCUT2D eigenvalue weighted by atomic mass is 35.5. The van der Waals surface area contributed by atoms with Crippen molar-refractivity contribution in [1.82, 2.24) is 14.5 Å². The predicted octanol–water partition coefficient (Wildman–Crippen LogP) is 9.54. The van der Waals surface area contributed by atoms with Crippen LogP contribution in [0, 0.1) is 17.8 Å². The van der Waals surface area contributed by atoms with Gasteiger partial charge in [-0.25, -0.2) is 13.7 Å². The van der Waals surface area contributed by atoms with Crippen LogP contribution in [-0.2, 0) is 37.8 Å². The fourth-order valence-electron chi connectivity index (χ4n) is 9.16. The van der Waals surface area contributed by atoms with Crippen LogP contribution in [0.5, 0.6) is 11.6 Å². The SMILES string of the molecule is C=CC[C@H](COc1ccn(CC)n1)C[S@@](=O)(=NC(=O)c1ccc2c(c1)N(C[C@@H]1CC[C@H]1[C@H](C=C)OC)C[C@@]1(CCCc3cc(Cl)ccc31)CO2)NC(=O)O[C@@H](C)c1ccccc1. The van der Waals surface area contributed by atoms with Gasteiger partial charge in [-0.2, -0.15) is 0 Å². The number of amides is 2. The molecule has 0 radical (unpaired) electrons. The summed E-state index contributed by atoms with van der Waals surface area (Å²) in [6.45, 7) is 14.2. The first-order chi connectivity index (χ1) is 29.9. The number of carbonyl (C=O) groups is 2. The van der Waals surface area contributed by atoms with Gasteiger partial charge in [-0.15, -0.1) is 22.6 Å². The first kappa shape index (κ1) is 44.9. The molecule has 1 fully saturated rings. The third kappa shape index (κ3) is 10.4. The molecule has 1 saturated carbocycles. The quantitative estimate of drug-likeness (QED) is 0.103. The minimum absolute atomic E-state index is 0.0679. The summed E-state index contributed by atoms with van der Waals surface area (Å²) >= 11 is 6.50. The number of fused-ring (bicyclic) bond motifs is 3. The summed E-state index contributed by atoms with van der Waals surface area (Å²) in [5.41, 5.74) is 3.85. The zero-order chi connectivity index (χ0) is 43.9. The van der Waals surface area contributed by atoms with Gasteiger partial charge >= 0.3 is 6.09 Å². The van der Waals surface area contributed by atoms with E-state index in [1.54, 1.807) is 55.3 Å². The van der Waals surface area contributed by atoms with Crippen molar-refractivity contribution in [2.45, 2.75) is 76.5 Å². The Morgan fingerprint density at radius 3 is 2.66 bits per heavy atom. The molecule has 14 heteroatoms. The summed E-state index contributed by atoms with van der Waals surface area (Å²) in [5.74, 6) is 0.231. The highest BCUT2D eigenvalue weighted by molar-refractivity contribution is 7.92. The molecule has 1 aliphatic heterocycles. The fraction of sp³-hybridized carbons (Fsp3) is 0.438. The summed E-state index contributed by atoms with van der Waals surface area (Å²) in [5, 5.41) is 5.11. The molecular formula is C48H58ClN5O7S. The minimum Gasteiger partial charge on any atom is -0.490 e. The van der Waals surface area contributed by atoms with E-state index in [1.165, 1.54) is 11.1 Å². The van der Waals surface area contributed by atoms with Gasteiger partial charge in [-0.05, 0) is 111 Å². The number of rotatable bonds is 17. The lowest BCUT2D eigenvalue weighted by Gasteiger charge is -2.46. The molecule has 2 aliphatic carbocycles. The second kappa shape index (κ2) is 19.9. The van der Waals surface area contributed by atoms with Crippen LogP contribution in [0.15, 0.2) is 109 Å². The summed E-state index contributed by atoms with van der Waals surface area (Å²) in [7, 11) is -2.08. The first-order valence-electron chi connectivity index (χ1n) is 21.5. The van der Waals surface area contributed by atoms with E-state index >= 15 is 0 Å². The number of hydrogen-bond donors (Lipinski definition) is 1. The molecule has 0 saturated heterocycles. The van der Waals surface area contributed by atoms with Crippen LogP contribution in [-0.4, -0.2) is 71.3 Å². The Hall–Kier alpha value is -5.11. The summed E-state index contributed by atoms with van der Waals surface area (Å²) in [6.07, 6.45) is 8.96. The lowest BCUT2D eigenvalue weighted by atomic mass is 9.68. The molecule has 62 heavy (non-hydrogen) atoms. The lowest BCUT2D eigenvalue weighted by molar-refractivity contribution is 0.0135.